The highest BCUT2D eigenvalue weighted by atomic mass is 32.1. The van der Waals surface area contributed by atoms with Crippen LogP contribution in [0, 0.1) is 0 Å². The third kappa shape index (κ3) is 2.16. The summed E-state index contributed by atoms with van der Waals surface area (Å²) in [6, 6.07) is 0.142. The van der Waals surface area contributed by atoms with Gasteiger partial charge in [-0.2, -0.15) is 0 Å². The smallest absolute Gasteiger partial charge is 0.0794 e. The average molecular weight is 226 g/mol. The molecule has 1 unspecified atom stereocenters. The lowest BCUT2D eigenvalue weighted by molar-refractivity contribution is 0.563. The molecule has 14 heavy (non-hydrogen) atoms. The minimum Gasteiger partial charge on any atom is -0.271 e. The minimum atomic E-state index is 0.142. The fourth-order valence-corrected chi connectivity index (χ4v) is 2.51. The zero-order valence-corrected chi connectivity index (χ0v) is 9.02. The Morgan fingerprint density at radius 3 is 2.64 bits per heavy atom. The summed E-state index contributed by atoms with van der Waals surface area (Å²) in [6.45, 7) is 0. The van der Waals surface area contributed by atoms with Crippen molar-refractivity contribution >= 4 is 22.7 Å². The number of rotatable bonds is 4. The zero-order chi connectivity index (χ0) is 9.80. The second-order valence-corrected chi connectivity index (χ2v) is 4.68. The van der Waals surface area contributed by atoms with Gasteiger partial charge < -0.3 is 0 Å². The highest BCUT2D eigenvalue weighted by Gasteiger charge is 2.12. The largest absolute Gasteiger partial charge is 0.271 e. The highest BCUT2D eigenvalue weighted by molar-refractivity contribution is 7.10. The summed E-state index contributed by atoms with van der Waals surface area (Å²) in [7, 11) is 0. The molecule has 0 bridgehead atoms. The van der Waals surface area contributed by atoms with Crippen molar-refractivity contribution in [3.8, 4) is 0 Å². The summed E-state index contributed by atoms with van der Waals surface area (Å²) in [5.41, 5.74) is 6.43. The first-order chi connectivity index (χ1) is 6.90. The maximum absolute atomic E-state index is 5.49. The van der Waals surface area contributed by atoms with Crippen molar-refractivity contribution in [1.29, 1.82) is 0 Å². The molecule has 0 aliphatic heterocycles. The van der Waals surface area contributed by atoms with E-state index in [4.69, 9.17) is 5.84 Å². The topological polar surface area (TPSA) is 63.8 Å². The summed E-state index contributed by atoms with van der Waals surface area (Å²) in [4.78, 5) is 10.4. The zero-order valence-electron chi connectivity index (χ0n) is 7.38. The maximum atomic E-state index is 5.49. The van der Waals surface area contributed by atoms with E-state index in [9.17, 15) is 0 Å². The number of thiazole rings is 2. The molecule has 0 aromatic carbocycles. The molecule has 74 valence electrons. The van der Waals surface area contributed by atoms with Gasteiger partial charge in [0.25, 0.3) is 0 Å². The van der Waals surface area contributed by atoms with Gasteiger partial charge in [-0.15, -0.1) is 22.7 Å². The van der Waals surface area contributed by atoms with E-state index in [0.717, 1.165) is 11.3 Å². The summed E-state index contributed by atoms with van der Waals surface area (Å²) < 4.78 is 0. The van der Waals surface area contributed by atoms with Crippen LogP contribution in [0.4, 0.5) is 0 Å². The Kier molecular flexibility index (Phi) is 3.20. The molecule has 2 aromatic rings. The Labute approximate surface area is 89.8 Å². The van der Waals surface area contributed by atoms with Gasteiger partial charge in [-0.3, -0.25) is 21.2 Å². The third-order valence-electron chi connectivity index (χ3n) is 1.88. The second kappa shape index (κ2) is 4.61. The maximum Gasteiger partial charge on any atom is 0.0794 e. The van der Waals surface area contributed by atoms with Crippen molar-refractivity contribution in [3.05, 3.63) is 33.2 Å². The molecule has 0 saturated carbocycles. The van der Waals surface area contributed by atoms with E-state index in [1.807, 2.05) is 23.4 Å². The van der Waals surface area contributed by atoms with Gasteiger partial charge in [-0.05, 0) is 0 Å². The van der Waals surface area contributed by atoms with E-state index >= 15 is 0 Å². The van der Waals surface area contributed by atoms with E-state index in [-0.39, 0.29) is 6.04 Å². The van der Waals surface area contributed by atoms with Crippen LogP contribution in [0.2, 0.25) is 0 Å². The molecule has 0 radical (unpaired) electrons. The van der Waals surface area contributed by atoms with E-state index < -0.39 is 0 Å². The Bertz CT molecular complexity index is 357. The van der Waals surface area contributed by atoms with Crippen molar-refractivity contribution < 1.29 is 0 Å². The predicted octanol–water partition coefficient (Wildman–Crippen LogP) is 1.35. The predicted molar refractivity (Wildman–Crippen MR) is 58.0 cm³/mol. The van der Waals surface area contributed by atoms with Crippen LogP contribution < -0.4 is 11.3 Å². The normalized spacial score (nSPS) is 12.9. The first-order valence-electron chi connectivity index (χ1n) is 4.12. The highest BCUT2D eigenvalue weighted by Crippen LogP contribution is 2.22. The van der Waals surface area contributed by atoms with Gasteiger partial charge in [-0.25, -0.2) is 0 Å². The molecule has 4 nitrogen and oxygen atoms in total. The number of nitrogens with two attached hydrogens (primary N) is 1. The number of hydrogen-bond acceptors (Lipinski definition) is 6. The van der Waals surface area contributed by atoms with Gasteiger partial charge in [-0.1, -0.05) is 0 Å². The molecule has 0 fully saturated rings. The van der Waals surface area contributed by atoms with Crippen molar-refractivity contribution in [1.82, 2.24) is 15.4 Å². The first-order valence-corrected chi connectivity index (χ1v) is 5.88. The SMILES string of the molecule is NNC(Cc1cncs1)c1cncs1. The van der Waals surface area contributed by atoms with E-state index in [2.05, 4.69) is 15.4 Å². The molecular weight excluding hydrogens is 216 g/mol. The fourth-order valence-electron chi connectivity index (χ4n) is 1.18. The summed E-state index contributed by atoms with van der Waals surface area (Å²) in [6.07, 6.45) is 4.58. The fraction of sp³-hybridized carbons (Fsp3) is 0.250. The lowest BCUT2D eigenvalue weighted by Crippen LogP contribution is -2.28. The molecule has 0 aliphatic carbocycles. The van der Waals surface area contributed by atoms with Gasteiger partial charge in [0.1, 0.15) is 0 Å². The molecular formula is C8H10N4S2. The summed E-state index contributed by atoms with van der Waals surface area (Å²) in [5.74, 6) is 5.49. The lowest BCUT2D eigenvalue weighted by Gasteiger charge is -2.11. The van der Waals surface area contributed by atoms with Gasteiger partial charge in [0.2, 0.25) is 0 Å². The molecule has 0 spiro atoms. The van der Waals surface area contributed by atoms with Crippen LogP contribution in [-0.2, 0) is 6.42 Å². The van der Waals surface area contributed by atoms with Crippen molar-refractivity contribution in [2.45, 2.75) is 12.5 Å². The lowest BCUT2D eigenvalue weighted by atomic mass is 10.2. The average Bonchev–Trinajstić information content (AvgIpc) is 2.86. The molecule has 2 heterocycles. The van der Waals surface area contributed by atoms with Crippen LogP contribution in [0.15, 0.2) is 23.4 Å². The van der Waals surface area contributed by atoms with Crippen LogP contribution in [0.5, 0.6) is 0 Å². The Balaban J connectivity index is 2.08. The molecule has 6 heteroatoms. The Morgan fingerprint density at radius 2 is 2.07 bits per heavy atom. The molecule has 2 aromatic heterocycles. The van der Waals surface area contributed by atoms with Crippen molar-refractivity contribution in [3.63, 3.8) is 0 Å². The summed E-state index contributed by atoms with van der Waals surface area (Å²) in [5, 5.41) is 0. The van der Waals surface area contributed by atoms with Gasteiger partial charge in [0.05, 0.1) is 17.1 Å². The van der Waals surface area contributed by atoms with E-state index in [1.165, 1.54) is 4.88 Å². The molecule has 1 atom stereocenters. The monoisotopic (exact) mass is 226 g/mol. The standard InChI is InChI=1S/C8H10N4S2/c9-12-7(8-3-11-5-14-8)1-6-2-10-4-13-6/h2-5,7,12H,1,9H2. The minimum absolute atomic E-state index is 0.142. The van der Waals surface area contributed by atoms with Crippen LogP contribution in [-0.4, -0.2) is 9.97 Å². The molecule has 0 saturated heterocycles. The number of hydrogen-bond donors (Lipinski definition) is 2. The third-order valence-corrected chi connectivity index (χ3v) is 3.58. The molecule has 0 amide bonds. The molecule has 0 aliphatic rings. The first kappa shape index (κ1) is 9.72. The van der Waals surface area contributed by atoms with Crippen molar-refractivity contribution in [2.24, 2.45) is 5.84 Å². The van der Waals surface area contributed by atoms with Crippen LogP contribution in [0.25, 0.3) is 0 Å². The number of hydrazine groups is 1. The van der Waals surface area contributed by atoms with Crippen LogP contribution >= 0.6 is 22.7 Å². The van der Waals surface area contributed by atoms with Gasteiger partial charge >= 0.3 is 0 Å². The number of aromatic nitrogens is 2. The van der Waals surface area contributed by atoms with Gasteiger partial charge in [0.15, 0.2) is 0 Å². The Hall–Kier alpha value is -0.820. The number of nitrogens with zero attached hydrogens (tertiary/aromatic N) is 2. The summed E-state index contributed by atoms with van der Waals surface area (Å²) >= 11 is 3.25. The molecule has 3 N–H and O–H groups in total. The Morgan fingerprint density at radius 1 is 1.29 bits per heavy atom. The second-order valence-electron chi connectivity index (χ2n) is 2.79. The number of nitrogens with one attached hydrogen (secondary N) is 1. The van der Waals surface area contributed by atoms with E-state index in [0.29, 0.717) is 0 Å². The van der Waals surface area contributed by atoms with Crippen LogP contribution in [0.3, 0.4) is 0 Å². The molecule has 2 rings (SSSR count). The van der Waals surface area contributed by atoms with Gasteiger partial charge in [0, 0.05) is 28.6 Å². The van der Waals surface area contributed by atoms with Crippen LogP contribution in [0.1, 0.15) is 15.8 Å². The quantitative estimate of drug-likeness (QED) is 0.610. The van der Waals surface area contributed by atoms with E-state index in [1.54, 1.807) is 22.7 Å². The van der Waals surface area contributed by atoms with Crippen molar-refractivity contribution in [2.75, 3.05) is 0 Å².